The van der Waals surface area contributed by atoms with Gasteiger partial charge >= 0.3 is 0 Å². The van der Waals surface area contributed by atoms with Crippen LogP contribution in [-0.4, -0.2) is 11.7 Å². The number of fused-ring (bicyclic) bond motifs is 1. The molecule has 0 radical (unpaired) electrons. The molecule has 0 saturated heterocycles. The summed E-state index contributed by atoms with van der Waals surface area (Å²) in [5, 5.41) is 11.7. The third kappa shape index (κ3) is 1.81. The average Bonchev–Trinajstić information content (AvgIpc) is 2.27. The quantitative estimate of drug-likeness (QED) is 0.784. The zero-order chi connectivity index (χ0) is 10.8. The Kier molecular flexibility index (Phi) is 2.60. The van der Waals surface area contributed by atoms with E-state index < -0.39 is 0 Å². The van der Waals surface area contributed by atoms with E-state index in [0.29, 0.717) is 18.2 Å². The summed E-state index contributed by atoms with van der Waals surface area (Å²) in [5.74, 6) is 0.620. The molecule has 78 valence electrons. The summed E-state index contributed by atoms with van der Waals surface area (Å²) >= 11 is 0. The zero-order valence-electron chi connectivity index (χ0n) is 8.77. The number of nitrogens with two attached hydrogens (primary N) is 1. The van der Waals surface area contributed by atoms with Gasteiger partial charge in [0.1, 0.15) is 5.75 Å². The Hall–Kier alpha value is -1.54. The molecule has 0 aliphatic rings. The molecule has 2 aromatic rings. The highest BCUT2D eigenvalue weighted by atomic mass is 16.3. The van der Waals surface area contributed by atoms with Gasteiger partial charge in [-0.05, 0) is 40.9 Å². The van der Waals surface area contributed by atoms with Gasteiger partial charge in [-0.3, -0.25) is 0 Å². The molecule has 0 aliphatic carbocycles. The van der Waals surface area contributed by atoms with E-state index in [9.17, 15) is 5.11 Å². The molecule has 0 bridgehead atoms. The molecule has 0 fully saturated rings. The second-order valence-corrected chi connectivity index (χ2v) is 3.89. The number of hydrogen-bond acceptors (Lipinski definition) is 2. The van der Waals surface area contributed by atoms with Gasteiger partial charge in [-0.15, -0.1) is 0 Å². The molecule has 0 heterocycles. The minimum Gasteiger partial charge on any atom is -0.508 e. The normalized spacial score (nSPS) is 12.9. The van der Waals surface area contributed by atoms with Crippen molar-refractivity contribution in [2.75, 3.05) is 6.54 Å². The average molecular weight is 201 g/mol. The van der Waals surface area contributed by atoms with Crippen molar-refractivity contribution >= 4 is 10.8 Å². The Morgan fingerprint density at radius 2 is 2.07 bits per heavy atom. The maximum Gasteiger partial charge on any atom is 0.116 e. The molecule has 3 N–H and O–H groups in total. The van der Waals surface area contributed by atoms with Crippen LogP contribution in [0.15, 0.2) is 36.4 Å². The third-order valence-corrected chi connectivity index (χ3v) is 2.78. The molecule has 1 unspecified atom stereocenters. The molecule has 2 aromatic carbocycles. The number of phenolic OH excluding ortho intramolecular Hbond substituents is 1. The minimum atomic E-state index is 0.305. The lowest BCUT2D eigenvalue weighted by molar-refractivity contribution is 0.476. The Balaban J connectivity index is 2.68. The minimum absolute atomic E-state index is 0.305. The van der Waals surface area contributed by atoms with Crippen molar-refractivity contribution in [1.29, 1.82) is 0 Å². The van der Waals surface area contributed by atoms with Crippen LogP contribution in [0.1, 0.15) is 18.4 Å². The lowest BCUT2D eigenvalue weighted by Crippen LogP contribution is -2.09. The predicted molar refractivity (Wildman–Crippen MR) is 63.1 cm³/mol. The molecule has 2 rings (SSSR count). The Morgan fingerprint density at radius 1 is 1.27 bits per heavy atom. The smallest absolute Gasteiger partial charge is 0.116 e. The van der Waals surface area contributed by atoms with Gasteiger partial charge in [0.25, 0.3) is 0 Å². The Bertz CT molecular complexity index is 479. The van der Waals surface area contributed by atoms with Crippen molar-refractivity contribution in [3.63, 3.8) is 0 Å². The van der Waals surface area contributed by atoms with Crippen molar-refractivity contribution in [3.05, 3.63) is 42.0 Å². The van der Waals surface area contributed by atoms with E-state index in [2.05, 4.69) is 13.0 Å². The standard InChI is InChI=1S/C13H15NO/c1-9(8-14)12-4-2-3-10-5-6-11(15)7-13(10)12/h2-7,9,15H,8,14H2,1H3. The number of benzene rings is 2. The molecule has 0 amide bonds. The highest BCUT2D eigenvalue weighted by Gasteiger charge is 2.07. The summed E-state index contributed by atoms with van der Waals surface area (Å²) in [4.78, 5) is 0. The topological polar surface area (TPSA) is 46.2 Å². The van der Waals surface area contributed by atoms with Crippen LogP contribution in [0.5, 0.6) is 5.75 Å². The number of rotatable bonds is 2. The largest absolute Gasteiger partial charge is 0.508 e. The molecule has 0 saturated carbocycles. The van der Waals surface area contributed by atoms with Gasteiger partial charge in [0.15, 0.2) is 0 Å². The summed E-state index contributed by atoms with van der Waals surface area (Å²) in [6.45, 7) is 2.72. The van der Waals surface area contributed by atoms with Gasteiger partial charge < -0.3 is 10.8 Å². The fraction of sp³-hybridized carbons (Fsp3) is 0.231. The highest BCUT2D eigenvalue weighted by molar-refractivity contribution is 5.87. The van der Waals surface area contributed by atoms with Crippen molar-refractivity contribution in [2.45, 2.75) is 12.8 Å². The summed E-state index contributed by atoms with van der Waals surface area (Å²) < 4.78 is 0. The van der Waals surface area contributed by atoms with Crippen LogP contribution in [0.4, 0.5) is 0 Å². The lowest BCUT2D eigenvalue weighted by atomic mass is 9.95. The zero-order valence-corrected chi connectivity index (χ0v) is 8.77. The van der Waals surface area contributed by atoms with Gasteiger partial charge in [-0.25, -0.2) is 0 Å². The number of aromatic hydroxyl groups is 1. The number of phenols is 1. The number of hydrogen-bond donors (Lipinski definition) is 2. The van der Waals surface area contributed by atoms with Gasteiger partial charge in [0, 0.05) is 0 Å². The molecule has 0 spiro atoms. The van der Waals surface area contributed by atoms with E-state index in [1.807, 2.05) is 18.2 Å². The second kappa shape index (κ2) is 3.91. The second-order valence-electron chi connectivity index (χ2n) is 3.89. The maximum atomic E-state index is 9.48. The van der Waals surface area contributed by atoms with E-state index in [0.717, 1.165) is 10.8 Å². The van der Waals surface area contributed by atoms with Crippen LogP contribution >= 0.6 is 0 Å². The summed E-state index contributed by atoms with van der Waals surface area (Å²) in [6.07, 6.45) is 0. The van der Waals surface area contributed by atoms with Gasteiger partial charge in [-0.2, -0.15) is 0 Å². The van der Waals surface area contributed by atoms with Crippen LogP contribution in [-0.2, 0) is 0 Å². The summed E-state index contributed by atoms with van der Waals surface area (Å²) in [6, 6.07) is 11.6. The van der Waals surface area contributed by atoms with Crippen molar-refractivity contribution in [2.24, 2.45) is 5.73 Å². The van der Waals surface area contributed by atoms with E-state index in [4.69, 9.17) is 5.73 Å². The fourth-order valence-corrected chi connectivity index (χ4v) is 1.84. The first-order chi connectivity index (χ1) is 7.22. The molecular formula is C13H15NO. The molecule has 0 aromatic heterocycles. The highest BCUT2D eigenvalue weighted by Crippen LogP contribution is 2.27. The van der Waals surface area contributed by atoms with Crippen LogP contribution in [0.2, 0.25) is 0 Å². The van der Waals surface area contributed by atoms with Crippen molar-refractivity contribution < 1.29 is 5.11 Å². The Morgan fingerprint density at radius 3 is 2.80 bits per heavy atom. The molecule has 2 nitrogen and oxygen atoms in total. The molecule has 0 aliphatic heterocycles. The van der Waals surface area contributed by atoms with Gasteiger partial charge in [0.2, 0.25) is 0 Å². The predicted octanol–water partition coefficient (Wildman–Crippen LogP) is 2.61. The van der Waals surface area contributed by atoms with E-state index in [1.165, 1.54) is 5.56 Å². The summed E-state index contributed by atoms with van der Waals surface area (Å²) in [5.41, 5.74) is 6.87. The van der Waals surface area contributed by atoms with Crippen LogP contribution in [0.25, 0.3) is 10.8 Å². The first kappa shape index (κ1) is 9.99. The fourth-order valence-electron chi connectivity index (χ4n) is 1.84. The van der Waals surface area contributed by atoms with E-state index in [1.54, 1.807) is 12.1 Å². The van der Waals surface area contributed by atoms with Gasteiger partial charge in [0.05, 0.1) is 0 Å². The third-order valence-electron chi connectivity index (χ3n) is 2.78. The van der Waals surface area contributed by atoms with Crippen molar-refractivity contribution in [3.8, 4) is 5.75 Å². The maximum absolute atomic E-state index is 9.48. The first-order valence-electron chi connectivity index (χ1n) is 5.14. The van der Waals surface area contributed by atoms with Crippen LogP contribution in [0, 0.1) is 0 Å². The monoisotopic (exact) mass is 201 g/mol. The summed E-state index contributed by atoms with van der Waals surface area (Å²) in [7, 11) is 0. The first-order valence-corrected chi connectivity index (χ1v) is 5.14. The Labute approximate surface area is 89.3 Å². The van der Waals surface area contributed by atoms with Crippen molar-refractivity contribution in [1.82, 2.24) is 0 Å². The van der Waals surface area contributed by atoms with Crippen LogP contribution in [0.3, 0.4) is 0 Å². The van der Waals surface area contributed by atoms with E-state index >= 15 is 0 Å². The van der Waals surface area contributed by atoms with Crippen LogP contribution < -0.4 is 5.73 Å². The molecule has 15 heavy (non-hydrogen) atoms. The molecule has 1 atom stereocenters. The SMILES string of the molecule is CC(CN)c1cccc2ccc(O)cc12. The van der Waals surface area contributed by atoms with Gasteiger partial charge in [-0.1, -0.05) is 31.2 Å². The lowest BCUT2D eigenvalue weighted by Gasteiger charge is -2.12. The molecular weight excluding hydrogens is 186 g/mol. The van der Waals surface area contributed by atoms with E-state index in [-0.39, 0.29) is 0 Å². The molecule has 2 heteroatoms.